The minimum absolute atomic E-state index is 0.509. The summed E-state index contributed by atoms with van der Waals surface area (Å²) in [6.45, 7) is 7.42. The molecule has 4 nitrogen and oxygen atoms in total. The van der Waals surface area contributed by atoms with Crippen LogP contribution in [0.25, 0.3) is 5.69 Å². The summed E-state index contributed by atoms with van der Waals surface area (Å²) in [5.41, 5.74) is 2.33. The third kappa shape index (κ3) is 2.56. The Morgan fingerprint density at radius 2 is 2.10 bits per heavy atom. The van der Waals surface area contributed by atoms with E-state index in [0.717, 1.165) is 37.7 Å². The Bertz CT molecular complexity index is 561. The van der Waals surface area contributed by atoms with Gasteiger partial charge in [-0.05, 0) is 25.5 Å². The van der Waals surface area contributed by atoms with Crippen LogP contribution in [0.3, 0.4) is 0 Å². The van der Waals surface area contributed by atoms with Crippen LogP contribution in [-0.2, 0) is 6.42 Å². The Hall–Kier alpha value is -1.81. The van der Waals surface area contributed by atoms with E-state index in [1.807, 2.05) is 6.07 Å². The summed E-state index contributed by atoms with van der Waals surface area (Å²) in [6.07, 6.45) is 3.13. The van der Waals surface area contributed by atoms with Crippen molar-refractivity contribution < 1.29 is 0 Å². The maximum absolute atomic E-state index is 4.82. The van der Waals surface area contributed by atoms with Gasteiger partial charge in [0.05, 0.1) is 5.69 Å². The second-order valence-corrected chi connectivity index (χ2v) is 5.39. The third-order valence-electron chi connectivity index (χ3n) is 3.79. The quantitative estimate of drug-likeness (QED) is 0.928. The van der Waals surface area contributed by atoms with Crippen molar-refractivity contribution in [1.29, 1.82) is 0 Å². The molecule has 3 rings (SSSR count). The summed E-state index contributed by atoms with van der Waals surface area (Å²) < 4.78 is 2.22. The van der Waals surface area contributed by atoms with E-state index in [0.29, 0.717) is 6.04 Å². The van der Waals surface area contributed by atoms with Crippen LogP contribution in [0.5, 0.6) is 0 Å². The van der Waals surface area contributed by atoms with Crippen LogP contribution < -0.4 is 10.2 Å². The lowest BCUT2D eigenvalue weighted by molar-refractivity contribution is 0.478. The Labute approximate surface area is 120 Å². The second-order valence-electron chi connectivity index (χ2n) is 5.39. The summed E-state index contributed by atoms with van der Waals surface area (Å²) in [5.74, 6) is 1.07. The molecule has 1 aliphatic heterocycles. The van der Waals surface area contributed by atoms with Gasteiger partial charge in [0, 0.05) is 37.6 Å². The molecule has 0 spiro atoms. The van der Waals surface area contributed by atoms with Crippen LogP contribution in [0.1, 0.15) is 19.5 Å². The van der Waals surface area contributed by atoms with Crippen LogP contribution in [0.15, 0.2) is 36.5 Å². The van der Waals surface area contributed by atoms with Crippen molar-refractivity contribution in [1.82, 2.24) is 14.9 Å². The Kier molecular flexibility index (Phi) is 3.74. The summed E-state index contributed by atoms with van der Waals surface area (Å²) >= 11 is 0. The first-order valence-electron chi connectivity index (χ1n) is 7.40. The molecular formula is C16H22N4. The van der Waals surface area contributed by atoms with Gasteiger partial charge < -0.3 is 10.2 Å². The van der Waals surface area contributed by atoms with Crippen molar-refractivity contribution in [2.75, 3.05) is 24.5 Å². The first-order valence-corrected chi connectivity index (χ1v) is 7.40. The minimum atomic E-state index is 0.509. The van der Waals surface area contributed by atoms with Crippen molar-refractivity contribution in [3.05, 3.63) is 42.2 Å². The average molecular weight is 270 g/mol. The van der Waals surface area contributed by atoms with Gasteiger partial charge in [0.2, 0.25) is 5.95 Å². The predicted octanol–water partition coefficient (Wildman–Crippen LogP) is 2.23. The topological polar surface area (TPSA) is 33.1 Å². The second kappa shape index (κ2) is 5.67. The van der Waals surface area contributed by atoms with Crippen LogP contribution in [0.4, 0.5) is 5.95 Å². The molecule has 1 N–H and O–H groups in total. The lowest BCUT2D eigenvalue weighted by Crippen LogP contribution is -2.50. The number of nitrogens with zero attached hydrogens (tertiary/aromatic N) is 3. The Morgan fingerprint density at radius 1 is 1.30 bits per heavy atom. The van der Waals surface area contributed by atoms with Crippen molar-refractivity contribution in [3.8, 4) is 5.69 Å². The number of aryl methyl sites for hydroxylation is 1. The van der Waals surface area contributed by atoms with Gasteiger partial charge in [-0.1, -0.05) is 25.1 Å². The molecule has 0 radical (unpaired) electrons. The molecule has 1 atom stereocenters. The molecule has 1 aromatic heterocycles. The minimum Gasteiger partial charge on any atom is -0.339 e. The van der Waals surface area contributed by atoms with E-state index in [1.165, 1.54) is 5.69 Å². The summed E-state index contributed by atoms with van der Waals surface area (Å²) in [5, 5.41) is 3.48. The summed E-state index contributed by atoms with van der Waals surface area (Å²) in [4.78, 5) is 7.21. The van der Waals surface area contributed by atoms with E-state index in [1.54, 1.807) is 0 Å². The van der Waals surface area contributed by atoms with E-state index in [9.17, 15) is 0 Å². The standard InChI is InChI=1S/C16H22N4/c1-3-14-12-20(15-7-5-4-6-8-15)16(18-14)19-10-9-17-13(2)11-19/h4-8,12-13,17H,3,9-11H2,1-2H3/t13-/m1/s1. The number of aromatic nitrogens is 2. The van der Waals surface area contributed by atoms with E-state index in [-0.39, 0.29) is 0 Å². The highest BCUT2D eigenvalue weighted by Crippen LogP contribution is 2.21. The number of para-hydroxylation sites is 1. The maximum Gasteiger partial charge on any atom is 0.210 e. The fourth-order valence-electron chi connectivity index (χ4n) is 2.70. The van der Waals surface area contributed by atoms with Crippen molar-refractivity contribution in [2.45, 2.75) is 26.3 Å². The first-order chi connectivity index (χ1) is 9.78. The zero-order chi connectivity index (χ0) is 13.9. The maximum atomic E-state index is 4.82. The van der Waals surface area contributed by atoms with Crippen LogP contribution in [-0.4, -0.2) is 35.2 Å². The van der Waals surface area contributed by atoms with Gasteiger partial charge in [0.15, 0.2) is 0 Å². The Balaban J connectivity index is 1.99. The number of benzene rings is 1. The molecule has 1 saturated heterocycles. The molecule has 0 bridgehead atoms. The lowest BCUT2D eigenvalue weighted by atomic mass is 10.2. The number of hydrogen-bond acceptors (Lipinski definition) is 3. The molecule has 2 aromatic rings. The molecule has 0 aliphatic carbocycles. The molecule has 1 fully saturated rings. The Morgan fingerprint density at radius 3 is 2.80 bits per heavy atom. The highest BCUT2D eigenvalue weighted by Gasteiger charge is 2.21. The molecule has 1 aliphatic rings. The highest BCUT2D eigenvalue weighted by molar-refractivity contribution is 5.45. The summed E-state index contributed by atoms with van der Waals surface area (Å²) in [6, 6.07) is 11.0. The van der Waals surface area contributed by atoms with Crippen molar-refractivity contribution >= 4 is 5.95 Å². The van der Waals surface area contributed by atoms with Crippen molar-refractivity contribution in [3.63, 3.8) is 0 Å². The van der Waals surface area contributed by atoms with Gasteiger partial charge in [-0.3, -0.25) is 4.57 Å². The molecular weight excluding hydrogens is 248 g/mol. The number of anilines is 1. The van der Waals surface area contributed by atoms with Crippen LogP contribution in [0, 0.1) is 0 Å². The smallest absolute Gasteiger partial charge is 0.210 e. The highest BCUT2D eigenvalue weighted by atomic mass is 15.3. The first kappa shape index (κ1) is 13.2. The van der Waals surface area contributed by atoms with Crippen LogP contribution >= 0.6 is 0 Å². The summed E-state index contributed by atoms with van der Waals surface area (Å²) in [7, 11) is 0. The van der Waals surface area contributed by atoms with Crippen molar-refractivity contribution in [2.24, 2.45) is 0 Å². The number of rotatable bonds is 3. The van der Waals surface area contributed by atoms with Gasteiger partial charge in [0.25, 0.3) is 0 Å². The molecule has 0 unspecified atom stereocenters. The van der Waals surface area contributed by atoms with E-state index < -0.39 is 0 Å². The van der Waals surface area contributed by atoms with Gasteiger partial charge >= 0.3 is 0 Å². The average Bonchev–Trinajstić information content (AvgIpc) is 2.92. The number of nitrogens with one attached hydrogen (secondary N) is 1. The van der Waals surface area contributed by atoms with E-state index >= 15 is 0 Å². The normalized spacial score (nSPS) is 19.3. The SMILES string of the molecule is CCc1cn(-c2ccccc2)c(N2CCN[C@H](C)C2)n1. The van der Waals surface area contributed by atoms with E-state index in [4.69, 9.17) is 4.98 Å². The fraction of sp³-hybridized carbons (Fsp3) is 0.438. The molecule has 20 heavy (non-hydrogen) atoms. The number of imidazole rings is 1. The largest absolute Gasteiger partial charge is 0.339 e. The van der Waals surface area contributed by atoms with Gasteiger partial charge in [0.1, 0.15) is 0 Å². The molecule has 2 heterocycles. The molecule has 0 amide bonds. The van der Waals surface area contributed by atoms with Gasteiger partial charge in [-0.25, -0.2) is 4.98 Å². The zero-order valence-corrected chi connectivity index (χ0v) is 12.2. The predicted molar refractivity (Wildman–Crippen MR) is 82.6 cm³/mol. The monoisotopic (exact) mass is 270 g/mol. The lowest BCUT2D eigenvalue weighted by Gasteiger charge is -2.32. The third-order valence-corrected chi connectivity index (χ3v) is 3.79. The molecule has 4 heteroatoms. The van der Waals surface area contributed by atoms with Gasteiger partial charge in [-0.2, -0.15) is 0 Å². The molecule has 0 saturated carbocycles. The molecule has 106 valence electrons. The van der Waals surface area contributed by atoms with Crippen LogP contribution in [0.2, 0.25) is 0 Å². The number of hydrogen-bond donors (Lipinski definition) is 1. The molecule has 1 aromatic carbocycles. The van der Waals surface area contributed by atoms with E-state index in [2.05, 4.69) is 59.1 Å². The fourth-order valence-corrected chi connectivity index (χ4v) is 2.70. The number of piperazine rings is 1. The zero-order valence-electron chi connectivity index (χ0n) is 12.2. The van der Waals surface area contributed by atoms with Gasteiger partial charge in [-0.15, -0.1) is 0 Å².